The molecule has 2 aromatic carbocycles. The number of halogens is 1. The number of carbonyl (C=O) groups excluding carboxylic acids is 1. The Morgan fingerprint density at radius 3 is 2.74 bits per heavy atom. The number of benzene rings is 2. The Labute approximate surface area is 187 Å². The Morgan fingerprint density at radius 2 is 2.00 bits per heavy atom. The van der Waals surface area contributed by atoms with Crippen LogP contribution in [0.15, 0.2) is 42.5 Å². The number of phenolic OH excluding ortho intramolecular Hbond substituents is 1. The molecule has 3 N–H and O–H groups in total. The Morgan fingerprint density at radius 1 is 1.23 bits per heavy atom. The van der Waals surface area contributed by atoms with E-state index >= 15 is 0 Å². The molecule has 0 aromatic heterocycles. The van der Waals surface area contributed by atoms with Gasteiger partial charge in [-0.05, 0) is 61.2 Å². The molecule has 4 rings (SSSR count). The molecule has 1 amide bonds. The van der Waals surface area contributed by atoms with E-state index in [9.17, 15) is 15.0 Å². The van der Waals surface area contributed by atoms with E-state index in [0.29, 0.717) is 29.4 Å². The van der Waals surface area contributed by atoms with Crippen LogP contribution in [0.5, 0.6) is 11.5 Å². The van der Waals surface area contributed by atoms with E-state index in [2.05, 4.69) is 10.2 Å². The van der Waals surface area contributed by atoms with E-state index < -0.39 is 5.60 Å². The first-order valence-corrected chi connectivity index (χ1v) is 11.2. The lowest BCUT2D eigenvalue weighted by Crippen LogP contribution is -2.56. The minimum Gasteiger partial charge on any atom is -0.504 e. The van der Waals surface area contributed by atoms with Gasteiger partial charge in [-0.2, -0.15) is 0 Å². The summed E-state index contributed by atoms with van der Waals surface area (Å²) in [6.45, 7) is 0.831. The number of carbonyl (C=O) groups is 1. The maximum atomic E-state index is 12.8. The average Bonchev–Trinajstić information content (AvgIpc) is 2.76. The summed E-state index contributed by atoms with van der Waals surface area (Å²) >= 11 is 5.93. The summed E-state index contributed by atoms with van der Waals surface area (Å²) in [5.41, 5.74) is 0.916. The third-order valence-electron chi connectivity index (χ3n) is 6.69. The van der Waals surface area contributed by atoms with Gasteiger partial charge in [-0.25, -0.2) is 0 Å². The molecule has 2 fully saturated rings. The average molecular weight is 445 g/mol. The number of amides is 1. The number of aliphatic hydroxyl groups is 1. The summed E-state index contributed by atoms with van der Waals surface area (Å²) in [5.74, 6) is 0.382. The molecule has 0 unspecified atom stereocenters. The van der Waals surface area contributed by atoms with E-state index in [1.165, 1.54) is 7.11 Å². The van der Waals surface area contributed by atoms with Crippen molar-refractivity contribution in [3.63, 3.8) is 0 Å². The van der Waals surface area contributed by atoms with Gasteiger partial charge in [0, 0.05) is 29.2 Å². The van der Waals surface area contributed by atoms with Gasteiger partial charge < -0.3 is 20.3 Å². The third-order valence-corrected chi connectivity index (χ3v) is 6.94. The first kappa shape index (κ1) is 21.9. The van der Waals surface area contributed by atoms with Gasteiger partial charge in [0.15, 0.2) is 11.5 Å². The van der Waals surface area contributed by atoms with Crippen LogP contribution in [0.25, 0.3) is 0 Å². The standard InChI is InChI=1S/C24H29ClN2O4/c1-31-21-14-16(5-10-20(21)28)23-19-4-2-3-11-24(19,30)12-13-27(23)15-22(29)26-18-8-6-17(25)7-9-18/h5-10,14,19,23,28,30H,2-4,11-13,15H2,1H3,(H,26,29)/t19-,23+,24-/m0/s1. The number of likely N-dealkylation sites (tertiary alicyclic amines) is 1. The van der Waals surface area contributed by atoms with Crippen molar-refractivity contribution in [3.05, 3.63) is 53.1 Å². The molecule has 1 saturated carbocycles. The third kappa shape index (κ3) is 4.66. The van der Waals surface area contributed by atoms with Crippen LogP contribution in [-0.2, 0) is 4.79 Å². The van der Waals surface area contributed by atoms with Gasteiger partial charge in [-0.15, -0.1) is 0 Å². The summed E-state index contributed by atoms with van der Waals surface area (Å²) in [4.78, 5) is 15.0. The molecule has 0 bridgehead atoms. The summed E-state index contributed by atoms with van der Waals surface area (Å²) in [7, 11) is 1.52. The van der Waals surface area contributed by atoms with Crippen LogP contribution in [0.2, 0.25) is 5.02 Å². The van der Waals surface area contributed by atoms with Crippen molar-refractivity contribution in [3.8, 4) is 11.5 Å². The second kappa shape index (κ2) is 9.07. The van der Waals surface area contributed by atoms with Gasteiger partial charge in [-0.1, -0.05) is 30.5 Å². The number of aromatic hydroxyl groups is 1. The number of hydrogen-bond acceptors (Lipinski definition) is 5. The lowest BCUT2D eigenvalue weighted by atomic mass is 9.66. The maximum absolute atomic E-state index is 12.8. The van der Waals surface area contributed by atoms with Gasteiger partial charge in [0.25, 0.3) is 0 Å². The number of anilines is 1. The summed E-state index contributed by atoms with van der Waals surface area (Å²) in [5, 5.41) is 25.0. The number of phenols is 1. The topological polar surface area (TPSA) is 82.0 Å². The molecule has 31 heavy (non-hydrogen) atoms. The largest absolute Gasteiger partial charge is 0.504 e. The van der Waals surface area contributed by atoms with Crippen molar-refractivity contribution < 1.29 is 19.7 Å². The summed E-state index contributed by atoms with van der Waals surface area (Å²) in [6.07, 6.45) is 4.42. The number of methoxy groups -OCH3 is 1. The molecule has 1 saturated heterocycles. The van der Waals surface area contributed by atoms with Crippen LogP contribution in [0.1, 0.15) is 43.7 Å². The normalized spacial score (nSPS) is 26.2. The molecule has 7 heteroatoms. The lowest BCUT2D eigenvalue weighted by Gasteiger charge is -2.52. The Kier molecular flexibility index (Phi) is 6.42. The molecular weight excluding hydrogens is 416 g/mol. The molecule has 3 atom stereocenters. The molecule has 1 heterocycles. The first-order chi connectivity index (χ1) is 14.9. The predicted molar refractivity (Wildman–Crippen MR) is 121 cm³/mol. The first-order valence-electron chi connectivity index (χ1n) is 10.8. The molecule has 6 nitrogen and oxygen atoms in total. The van der Waals surface area contributed by atoms with Crippen molar-refractivity contribution >= 4 is 23.2 Å². The molecule has 2 aliphatic rings. The number of nitrogens with zero attached hydrogens (tertiary/aromatic N) is 1. The van der Waals surface area contributed by atoms with E-state index in [4.69, 9.17) is 16.3 Å². The molecule has 1 aliphatic carbocycles. The van der Waals surface area contributed by atoms with Crippen molar-refractivity contribution in [2.75, 3.05) is 25.5 Å². The Bertz CT molecular complexity index is 936. The number of hydrogen-bond donors (Lipinski definition) is 3. The van der Waals surface area contributed by atoms with Crippen LogP contribution in [-0.4, -0.2) is 46.8 Å². The highest BCUT2D eigenvalue weighted by atomic mass is 35.5. The highest BCUT2D eigenvalue weighted by Gasteiger charge is 2.49. The smallest absolute Gasteiger partial charge is 0.238 e. The van der Waals surface area contributed by atoms with Gasteiger partial charge in [-0.3, -0.25) is 9.69 Å². The van der Waals surface area contributed by atoms with E-state index in [1.54, 1.807) is 30.3 Å². The number of ether oxygens (including phenoxy) is 1. The molecule has 0 radical (unpaired) electrons. The molecule has 0 spiro atoms. The van der Waals surface area contributed by atoms with Crippen molar-refractivity contribution in [2.24, 2.45) is 5.92 Å². The predicted octanol–water partition coefficient (Wildman–Crippen LogP) is 4.36. The number of piperidine rings is 1. The minimum absolute atomic E-state index is 0.0209. The van der Waals surface area contributed by atoms with Gasteiger partial charge in [0.05, 0.1) is 19.3 Å². The van der Waals surface area contributed by atoms with Crippen molar-refractivity contribution in [1.82, 2.24) is 4.90 Å². The maximum Gasteiger partial charge on any atom is 0.238 e. The zero-order valence-electron chi connectivity index (χ0n) is 17.7. The monoisotopic (exact) mass is 444 g/mol. The number of nitrogens with one attached hydrogen (secondary N) is 1. The van der Waals surface area contributed by atoms with Gasteiger partial charge in [0.1, 0.15) is 0 Å². The number of fused-ring (bicyclic) bond motifs is 1. The zero-order chi connectivity index (χ0) is 22.0. The zero-order valence-corrected chi connectivity index (χ0v) is 18.4. The van der Waals surface area contributed by atoms with E-state index in [1.807, 2.05) is 12.1 Å². The second-order valence-electron chi connectivity index (χ2n) is 8.61. The summed E-state index contributed by atoms with van der Waals surface area (Å²) < 4.78 is 5.32. The van der Waals surface area contributed by atoms with Crippen LogP contribution >= 0.6 is 11.6 Å². The minimum atomic E-state index is -0.725. The SMILES string of the molecule is COc1cc([C@@H]2[C@@H]3CCCC[C@]3(O)CCN2CC(=O)Nc2ccc(Cl)cc2)ccc1O. The fourth-order valence-electron chi connectivity index (χ4n) is 5.16. The molecular formula is C24H29ClN2O4. The van der Waals surface area contributed by atoms with Crippen molar-refractivity contribution in [1.29, 1.82) is 0 Å². The fraction of sp³-hybridized carbons (Fsp3) is 0.458. The molecule has 166 valence electrons. The Balaban J connectivity index is 1.60. The van der Waals surface area contributed by atoms with Crippen LogP contribution < -0.4 is 10.1 Å². The fourth-order valence-corrected chi connectivity index (χ4v) is 5.29. The van der Waals surface area contributed by atoms with E-state index in [0.717, 1.165) is 31.2 Å². The van der Waals surface area contributed by atoms with Gasteiger partial charge in [0.2, 0.25) is 5.91 Å². The van der Waals surface area contributed by atoms with Gasteiger partial charge >= 0.3 is 0 Å². The summed E-state index contributed by atoms with van der Waals surface area (Å²) in [6, 6.07) is 12.2. The highest BCUT2D eigenvalue weighted by molar-refractivity contribution is 6.30. The van der Waals surface area contributed by atoms with Crippen molar-refractivity contribution in [2.45, 2.75) is 43.7 Å². The lowest BCUT2D eigenvalue weighted by molar-refractivity contribution is -0.135. The quantitative estimate of drug-likeness (QED) is 0.638. The number of rotatable bonds is 5. The Hall–Kier alpha value is -2.28. The van der Waals surface area contributed by atoms with Crippen LogP contribution in [0.3, 0.4) is 0 Å². The molecule has 2 aromatic rings. The molecule has 1 aliphatic heterocycles. The highest BCUT2D eigenvalue weighted by Crippen LogP contribution is 2.50. The van der Waals surface area contributed by atoms with Crippen LogP contribution in [0, 0.1) is 5.92 Å². The second-order valence-corrected chi connectivity index (χ2v) is 9.04. The van der Waals surface area contributed by atoms with Crippen LogP contribution in [0.4, 0.5) is 5.69 Å². The van der Waals surface area contributed by atoms with E-state index in [-0.39, 0.29) is 30.2 Å².